The highest BCUT2D eigenvalue weighted by Crippen LogP contribution is 2.21. The van der Waals surface area contributed by atoms with E-state index in [1.165, 1.54) is 30.3 Å². The third-order valence-corrected chi connectivity index (χ3v) is 2.26. The summed E-state index contributed by atoms with van der Waals surface area (Å²) in [5.41, 5.74) is 1.51. The lowest BCUT2D eigenvalue weighted by atomic mass is 10.1. The van der Waals surface area contributed by atoms with E-state index < -0.39 is 0 Å². The van der Waals surface area contributed by atoms with E-state index in [1.54, 1.807) is 24.3 Å². The molecule has 0 aromatic heterocycles. The average molecular weight is 230 g/mol. The van der Waals surface area contributed by atoms with E-state index in [4.69, 9.17) is 0 Å². The average Bonchev–Trinajstić information content (AvgIpc) is 2.27. The van der Waals surface area contributed by atoms with Crippen molar-refractivity contribution in [2.75, 3.05) is 0 Å². The Morgan fingerprint density at radius 2 is 1.29 bits per heavy atom. The van der Waals surface area contributed by atoms with Crippen LogP contribution in [-0.2, 0) is 0 Å². The van der Waals surface area contributed by atoms with Gasteiger partial charge in [-0.2, -0.15) is 0 Å². The predicted molar refractivity (Wildman–Crippen MR) is 65.1 cm³/mol. The quantitative estimate of drug-likeness (QED) is 0.776. The van der Waals surface area contributed by atoms with Crippen LogP contribution in [0.15, 0.2) is 42.5 Å². The summed E-state index contributed by atoms with van der Waals surface area (Å²) in [6, 6.07) is 10.4. The highest BCUT2D eigenvalue weighted by molar-refractivity contribution is 5.70. The zero-order valence-electron chi connectivity index (χ0n) is 8.97. The third-order valence-electron chi connectivity index (χ3n) is 2.26. The number of hydrogen-bond acceptors (Lipinski definition) is 2. The summed E-state index contributed by atoms with van der Waals surface area (Å²) >= 11 is 0. The van der Waals surface area contributed by atoms with E-state index in [-0.39, 0.29) is 17.3 Å². The monoisotopic (exact) mass is 230 g/mol. The van der Waals surface area contributed by atoms with Crippen LogP contribution in [0.3, 0.4) is 0 Å². The van der Waals surface area contributed by atoms with Gasteiger partial charge >= 0.3 is 0 Å². The summed E-state index contributed by atoms with van der Waals surface area (Å²) in [6.07, 6.45) is 3.50. The first kappa shape index (κ1) is 11.2. The Bertz CT molecular complexity index is 524. The minimum atomic E-state index is -0.280. The molecule has 0 saturated heterocycles. The normalized spacial score (nSPS) is 10.9. The minimum absolute atomic E-state index is 0.00348. The fraction of sp³-hybridized carbons (Fsp3) is 0. The summed E-state index contributed by atoms with van der Waals surface area (Å²) in [6.45, 7) is 0. The molecule has 0 aliphatic rings. The first-order valence-electron chi connectivity index (χ1n) is 5.10. The summed E-state index contributed by atoms with van der Waals surface area (Å²) < 4.78 is 12.7. The van der Waals surface area contributed by atoms with Gasteiger partial charge in [0, 0.05) is 6.07 Å². The van der Waals surface area contributed by atoms with Crippen LogP contribution in [-0.4, -0.2) is 10.2 Å². The Kier molecular flexibility index (Phi) is 3.10. The lowest BCUT2D eigenvalue weighted by molar-refractivity contribution is 0.450. The van der Waals surface area contributed by atoms with Crippen molar-refractivity contribution in [1.29, 1.82) is 0 Å². The number of hydrogen-bond donors (Lipinski definition) is 2. The molecule has 0 spiro atoms. The zero-order chi connectivity index (χ0) is 12.3. The Morgan fingerprint density at radius 1 is 0.765 bits per heavy atom. The van der Waals surface area contributed by atoms with E-state index in [0.717, 1.165) is 5.56 Å². The number of rotatable bonds is 2. The molecular formula is C14H11FO2. The van der Waals surface area contributed by atoms with Crippen LogP contribution in [0.2, 0.25) is 0 Å². The Morgan fingerprint density at radius 3 is 1.88 bits per heavy atom. The highest BCUT2D eigenvalue weighted by Gasteiger charge is 1.96. The van der Waals surface area contributed by atoms with Gasteiger partial charge in [-0.15, -0.1) is 0 Å². The number of phenolic OH excluding ortho intramolecular Hbond substituents is 2. The van der Waals surface area contributed by atoms with Crippen LogP contribution in [0.4, 0.5) is 4.39 Å². The molecule has 2 aromatic rings. The summed E-state index contributed by atoms with van der Waals surface area (Å²) in [4.78, 5) is 0. The molecule has 0 atom stereocenters. The van der Waals surface area contributed by atoms with E-state index in [0.29, 0.717) is 5.56 Å². The van der Waals surface area contributed by atoms with Gasteiger partial charge in [0.1, 0.15) is 17.3 Å². The second-order valence-corrected chi connectivity index (χ2v) is 3.67. The topological polar surface area (TPSA) is 40.5 Å². The maximum Gasteiger partial charge on any atom is 0.123 e. The van der Waals surface area contributed by atoms with Crippen molar-refractivity contribution < 1.29 is 14.6 Å². The molecule has 0 amide bonds. The smallest absolute Gasteiger partial charge is 0.123 e. The number of benzene rings is 2. The van der Waals surface area contributed by atoms with Gasteiger partial charge in [-0.3, -0.25) is 0 Å². The van der Waals surface area contributed by atoms with Crippen molar-refractivity contribution in [3.05, 3.63) is 59.4 Å². The summed E-state index contributed by atoms with van der Waals surface area (Å²) in [7, 11) is 0. The van der Waals surface area contributed by atoms with Crippen molar-refractivity contribution in [2.45, 2.75) is 0 Å². The molecule has 3 heteroatoms. The lowest BCUT2D eigenvalue weighted by Crippen LogP contribution is -1.76. The highest BCUT2D eigenvalue weighted by atomic mass is 19.1. The van der Waals surface area contributed by atoms with Crippen LogP contribution in [0, 0.1) is 5.82 Å². The molecule has 0 saturated carbocycles. The molecule has 0 aliphatic heterocycles. The van der Waals surface area contributed by atoms with Gasteiger partial charge in [-0.1, -0.05) is 24.3 Å². The van der Waals surface area contributed by atoms with E-state index in [2.05, 4.69) is 0 Å². The number of aromatic hydroxyl groups is 2. The minimum Gasteiger partial charge on any atom is -0.508 e. The molecule has 0 heterocycles. The van der Waals surface area contributed by atoms with Crippen LogP contribution in [0.25, 0.3) is 12.2 Å². The zero-order valence-corrected chi connectivity index (χ0v) is 8.97. The second-order valence-electron chi connectivity index (χ2n) is 3.67. The summed E-state index contributed by atoms with van der Waals surface area (Å²) in [5.74, 6) is -0.273. The summed E-state index contributed by atoms with van der Waals surface area (Å²) in [5, 5.41) is 18.6. The third kappa shape index (κ3) is 3.08. The van der Waals surface area contributed by atoms with Crippen molar-refractivity contribution in [2.24, 2.45) is 0 Å². The maximum absolute atomic E-state index is 12.7. The molecule has 0 aliphatic carbocycles. The molecule has 17 heavy (non-hydrogen) atoms. The van der Waals surface area contributed by atoms with Gasteiger partial charge in [-0.25, -0.2) is 4.39 Å². The van der Waals surface area contributed by atoms with Gasteiger partial charge in [0.05, 0.1) is 0 Å². The van der Waals surface area contributed by atoms with Crippen LogP contribution < -0.4 is 0 Å². The second kappa shape index (κ2) is 4.70. The lowest BCUT2D eigenvalue weighted by Gasteiger charge is -1.98. The standard InChI is InChI=1S/C14H11FO2/c15-12-5-3-10(4-6-12)1-2-11-7-13(16)9-14(17)8-11/h1-9,16-17H/b2-1+. The fourth-order valence-electron chi connectivity index (χ4n) is 1.48. The van der Waals surface area contributed by atoms with Gasteiger partial charge in [-0.05, 0) is 35.4 Å². The predicted octanol–water partition coefficient (Wildman–Crippen LogP) is 3.41. The Hall–Kier alpha value is -2.29. The van der Waals surface area contributed by atoms with Crippen molar-refractivity contribution in [3.63, 3.8) is 0 Å². The molecule has 2 N–H and O–H groups in total. The first-order chi connectivity index (χ1) is 8.13. The van der Waals surface area contributed by atoms with E-state index in [1.807, 2.05) is 0 Å². The van der Waals surface area contributed by atoms with E-state index >= 15 is 0 Å². The molecule has 86 valence electrons. The van der Waals surface area contributed by atoms with Gasteiger partial charge in [0.15, 0.2) is 0 Å². The Labute approximate surface area is 98.3 Å². The van der Waals surface area contributed by atoms with Crippen molar-refractivity contribution in [3.8, 4) is 11.5 Å². The molecular weight excluding hydrogens is 219 g/mol. The largest absolute Gasteiger partial charge is 0.508 e. The van der Waals surface area contributed by atoms with Crippen LogP contribution >= 0.6 is 0 Å². The fourth-order valence-corrected chi connectivity index (χ4v) is 1.48. The number of phenols is 2. The molecule has 0 radical (unpaired) electrons. The number of halogens is 1. The van der Waals surface area contributed by atoms with Gasteiger partial charge < -0.3 is 10.2 Å². The van der Waals surface area contributed by atoms with Gasteiger partial charge in [0.2, 0.25) is 0 Å². The first-order valence-corrected chi connectivity index (χ1v) is 5.10. The maximum atomic E-state index is 12.7. The Balaban J connectivity index is 2.22. The van der Waals surface area contributed by atoms with E-state index in [9.17, 15) is 14.6 Å². The van der Waals surface area contributed by atoms with Gasteiger partial charge in [0.25, 0.3) is 0 Å². The molecule has 0 fully saturated rings. The SMILES string of the molecule is Oc1cc(O)cc(/C=C/c2ccc(F)cc2)c1. The molecule has 2 aromatic carbocycles. The van der Waals surface area contributed by atoms with Crippen LogP contribution in [0.1, 0.15) is 11.1 Å². The molecule has 2 nitrogen and oxygen atoms in total. The molecule has 2 rings (SSSR count). The molecule has 0 unspecified atom stereocenters. The van der Waals surface area contributed by atoms with Crippen molar-refractivity contribution >= 4 is 12.2 Å². The molecule has 0 bridgehead atoms. The van der Waals surface area contributed by atoms with Crippen LogP contribution in [0.5, 0.6) is 11.5 Å². The van der Waals surface area contributed by atoms with Crippen molar-refractivity contribution in [1.82, 2.24) is 0 Å².